The number of aliphatic carboxylic acids is 1. The third-order valence-electron chi connectivity index (χ3n) is 3.47. The molecule has 1 atom stereocenters. The van der Waals surface area contributed by atoms with Gasteiger partial charge in [0.15, 0.2) is 0 Å². The summed E-state index contributed by atoms with van der Waals surface area (Å²) < 4.78 is 4.82. The second kappa shape index (κ2) is 8.74. The second-order valence-corrected chi connectivity index (χ2v) is 5.03. The maximum atomic E-state index is 11.6. The first-order valence-electron chi connectivity index (χ1n) is 6.93. The molecule has 0 aromatic carbocycles. The molecule has 1 aliphatic carbocycles. The molecule has 6 heteroatoms. The molecule has 1 aliphatic rings. The smallest absolute Gasteiger partial charge is 0.329 e. The van der Waals surface area contributed by atoms with E-state index in [0.717, 1.165) is 0 Å². The lowest BCUT2D eigenvalue weighted by atomic mass is 9.85. The van der Waals surface area contributed by atoms with Crippen LogP contribution in [0.2, 0.25) is 0 Å². The third-order valence-corrected chi connectivity index (χ3v) is 3.47. The summed E-state index contributed by atoms with van der Waals surface area (Å²) in [6, 6.07) is -0.0303. The highest BCUT2D eigenvalue weighted by Crippen LogP contribution is 2.26. The molecule has 0 aliphatic heterocycles. The van der Waals surface area contributed by atoms with Gasteiger partial charge in [-0.25, -0.2) is 9.59 Å². The van der Waals surface area contributed by atoms with Crippen molar-refractivity contribution in [1.82, 2.24) is 10.6 Å². The van der Waals surface area contributed by atoms with E-state index in [4.69, 9.17) is 9.84 Å². The maximum Gasteiger partial charge on any atom is 0.329 e. The number of urea groups is 1. The van der Waals surface area contributed by atoms with Crippen LogP contribution >= 0.6 is 0 Å². The van der Waals surface area contributed by atoms with Gasteiger partial charge in [-0.1, -0.05) is 19.3 Å². The predicted octanol–water partition coefficient (Wildman–Crippen LogP) is 1.36. The van der Waals surface area contributed by atoms with Gasteiger partial charge in [0.05, 0.1) is 6.61 Å². The van der Waals surface area contributed by atoms with Gasteiger partial charge in [-0.05, 0) is 25.7 Å². The van der Waals surface area contributed by atoms with E-state index in [1.165, 1.54) is 32.1 Å². The fourth-order valence-electron chi connectivity index (χ4n) is 2.41. The number of nitrogens with one attached hydrogen (secondary N) is 2. The average molecular weight is 272 g/mol. The lowest BCUT2D eigenvalue weighted by Gasteiger charge is -2.28. The van der Waals surface area contributed by atoms with Crippen LogP contribution in [0, 0.1) is 5.92 Å². The average Bonchev–Trinajstić information content (AvgIpc) is 2.39. The van der Waals surface area contributed by atoms with E-state index < -0.39 is 5.97 Å². The highest BCUT2D eigenvalue weighted by atomic mass is 16.5. The molecule has 1 rings (SSSR count). The Labute approximate surface area is 113 Å². The summed E-state index contributed by atoms with van der Waals surface area (Å²) in [5.41, 5.74) is 0. The van der Waals surface area contributed by atoms with Gasteiger partial charge in [-0.2, -0.15) is 0 Å². The first kappa shape index (κ1) is 15.8. The first-order chi connectivity index (χ1) is 9.09. The number of rotatable bonds is 7. The van der Waals surface area contributed by atoms with Crippen molar-refractivity contribution in [1.29, 1.82) is 0 Å². The normalized spacial score (nSPS) is 17.7. The topological polar surface area (TPSA) is 87.7 Å². The molecular weight excluding hydrogens is 248 g/mol. The summed E-state index contributed by atoms with van der Waals surface area (Å²) in [6.07, 6.45) is 6.17. The van der Waals surface area contributed by atoms with Crippen LogP contribution in [0.25, 0.3) is 0 Å². The number of carbonyl (C=O) groups excluding carboxylic acids is 1. The summed E-state index contributed by atoms with van der Waals surface area (Å²) in [5, 5.41) is 13.9. The molecule has 0 radical (unpaired) electrons. The van der Waals surface area contributed by atoms with Crippen LogP contribution in [0.1, 0.15) is 39.0 Å². The van der Waals surface area contributed by atoms with Crippen LogP contribution in [0.5, 0.6) is 0 Å². The Bertz CT molecular complexity index is 290. The summed E-state index contributed by atoms with van der Waals surface area (Å²) in [5.74, 6) is -0.432. The van der Waals surface area contributed by atoms with Crippen molar-refractivity contribution in [2.75, 3.05) is 19.8 Å². The fourth-order valence-corrected chi connectivity index (χ4v) is 2.41. The van der Waals surface area contributed by atoms with Gasteiger partial charge < -0.3 is 20.5 Å². The van der Waals surface area contributed by atoms with E-state index in [2.05, 4.69) is 10.6 Å². The van der Waals surface area contributed by atoms with Crippen LogP contribution < -0.4 is 10.6 Å². The number of carboxylic acids is 1. The third kappa shape index (κ3) is 7.00. The Balaban J connectivity index is 2.07. The van der Waals surface area contributed by atoms with E-state index in [1.54, 1.807) is 0 Å². The lowest BCUT2D eigenvalue weighted by molar-refractivity contribution is -0.142. The van der Waals surface area contributed by atoms with Gasteiger partial charge in [0.1, 0.15) is 6.61 Å². The molecule has 0 spiro atoms. The van der Waals surface area contributed by atoms with Crippen molar-refractivity contribution < 1.29 is 19.4 Å². The van der Waals surface area contributed by atoms with Gasteiger partial charge in [-0.15, -0.1) is 0 Å². The molecule has 1 saturated carbocycles. The van der Waals surface area contributed by atoms with Gasteiger partial charge in [0.25, 0.3) is 0 Å². The largest absolute Gasteiger partial charge is 0.480 e. The summed E-state index contributed by atoms with van der Waals surface area (Å²) in [4.78, 5) is 21.8. The lowest BCUT2D eigenvalue weighted by Crippen LogP contribution is -2.45. The number of amides is 2. The number of hydrogen-bond acceptors (Lipinski definition) is 3. The van der Waals surface area contributed by atoms with Crippen LogP contribution in [0.15, 0.2) is 0 Å². The number of carboxylic acid groups (broad SMARTS) is 1. The van der Waals surface area contributed by atoms with E-state index in [9.17, 15) is 9.59 Å². The van der Waals surface area contributed by atoms with E-state index >= 15 is 0 Å². The fraction of sp³-hybridized carbons (Fsp3) is 0.846. The van der Waals surface area contributed by atoms with Crippen molar-refractivity contribution in [2.24, 2.45) is 5.92 Å². The Kier molecular flexibility index (Phi) is 7.25. The molecule has 0 aromatic rings. The molecule has 1 unspecified atom stereocenters. The molecule has 1 fully saturated rings. The van der Waals surface area contributed by atoms with Gasteiger partial charge in [0.2, 0.25) is 0 Å². The molecule has 2 amide bonds. The Morgan fingerprint density at radius 2 is 2.00 bits per heavy atom. The second-order valence-electron chi connectivity index (χ2n) is 5.03. The SMILES string of the molecule is CC(NC(=O)NCCOCC(=O)O)C1CCCCC1. The molecule has 0 heterocycles. The van der Waals surface area contributed by atoms with Crippen molar-refractivity contribution in [3.05, 3.63) is 0 Å². The van der Waals surface area contributed by atoms with E-state index in [1.807, 2.05) is 6.92 Å². The Morgan fingerprint density at radius 1 is 1.32 bits per heavy atom. The quantitative estimate of drug-likeness (QED) is 0.611. The van der Waals surface area contributed by atoms with Crippen molar-refractivity contribution in [3.8, 4) is 0 Å². The Morgan fingerprint density at radius 3 is 2.63 bits per heavy atom. The van der Waals surface area contributed by atoms with Crippen LogP contribution in [-0.2, 0) is 9.53 Å². The number of hydrogen-bond donors (Lipinski definition) is 3. The zero-order chi connectivity index (χ0) is 14.1. The van der Waals surface area contributed by atoms with Crippen LogP contribution in [0.4, 0.5) is 4.79 Å². The summed E-state index contributed by atoms with van der Waals surface area (Å²) in [7, 11) is 0. The standard InChI is InChI=1S/C13H24N2O4/c1-10(11-5-3-2-4-6-11)15-13(18)14-7-8-19-9-12(16)17/h10-11H,2-9H2,1H3,(H,16,17)(H2,14,15,18). The minimum atomic E-state index is -1.00. The predicted molar refractivity (Wildman–Crippen MR) is 71.0 cm³/mol. The van der Waals surface area contributed by atoms with Gasteiger partial charge >= 0.3 is 12.0 Å². The van der Waals surface area contributed by atoms with Crippen molar-refractivity contribution in [2.45, 2.75) is 45.1 Å². The zero-order valence-electron chi connectivity index (χ0n) is 11.5. The summed E-state index contributed by atoms with van der Waals surface area (Å²) in [6.45, 7) is 2.23. The highest BCUT2D eigenvalue weighted by molar-refractivity contribution is 5.74. The van der Waals surface area contributed by atoms with Crippen LogP contribution in [0.3, 0.4) is 0 Å². The minimum absolute atomic E-state index is 0.181. The maximum absolute atomic E-state index is 11.6. The zero-order valence-corrected chi connectivity index (χ0v) is 11.5. The number of ether oxygens (including phenoxy) is 1. The minimum Gasteiger partial charge on any atom is -0.480 e. The molecule has 0 aromatic heterocycles. The molecule has 6 nitrogen and oxygen atoms in total. The first-order valence-corrected chi connectivity index (χ1v) is 6.93. The van der Waals surface area contributed by atoms with Crippen molar-refractivity contribution >= 4 is 12.0 Å². The van der Waals surface area contributed by atoms with Crippen LogP contribution in [-0.4, -0.2) is 42.9 Å². The summed E-state index contributed by atoms with van der Waals surface area (Å²) >= 11 is 0. The number of carbonyl (C=O) groups is 2. The Hall–Kier alpha value is -1.30. The van der Waals surface area contributed by atoms with Gasteiger partial charge in [-0.3, -0.25) is 0 Å². The monoisotopic (exact) mass is 272 g/mol. The molecule has 0 saturated heterocycles. The van der Waals surface area contributed by atoms with E-state index in [0.29, 0.717) is 12.5 Å². The van der Waals surface area contributed by atoms with E-state index in [-0.39, 0.29) is 25.3 Å². The molecule has 19 heavy (non-hydrogen) atoms. The molecule has 110 valence electrons. The van der Waals surface area contributed by atoms with Crippen molar-refractivity contribution in [3.63, 3.8) is 0 Å². The van der Waals surface area contributed by atoms with Gasteiger partial charge in [0, 0.05) is 12.6 Å². The molecular formula is C13H24N2O4. The molecule has 0 bridgehead atoms. The molecule has 3 N–H and O–H groups in total. The highest BCUT2D eigenvalue weighted by Gasteiger charge is 2.21.